The maximum absolute atomic E-state index is 8.96. The average molecular weight is 561 g/mol. The highest BCUT2D eigenvalue weighted by Gasteiger charge is 2.18. The minimum absolute atomic E-state index is 0.00614. The lowest BCUT2D eigenvalue weighted by molar-refractivity contribution is 0.201. The molecule has 0 unspecified atom stereocenters. The second kappa shape index (κ2) is 18.6. The predicted octanol–water partition coefficient (Wildman–Crippen LogP) is 8.07. The van der Waals surface area contributed by atoms with Crippen LogP contribution in [-0.4, -0.2) is 34.0 Å². The van der Waals surface area contributed by atoms with Crippen molar-refractivity contribution in [3.8, 4) is 27.6 Å². The maximum atomic E-state index is 8.96. The Hall–Kier alpha value is -2.59. The third-order valence-electron chi connectivity index (χ3n) is 4.57. The van der Waals surface area contributed by atoms with Crippen LogP contribution >= 0.6 is 34.4 Å². The summed E-state index contributed by atoms with van der Waals surface area (Å²) in [6, 6.07) is 9.95. The van der Waals surface area contributed by atoms with Crippen LogP contribution in [0.25, 0.3) is 32.0 Å². The number of nitrogens with two attached hydrogens (primary N) is 2. The first-order valence-corrected chi connectivity index (χ1v) is 15.2. The van der Waals surface area contributed by atoms with Crippen molar-refractivity contribution in [3.63, 3.8) is 0 Å². The Bertz CT molecular complexity index is 1160. The van der Waals surface area contributed by atoms with Gasteiger partial charge in [-0.05, 0) is 47.7 Å². The number of thioether (sulfide) groups is 1. The number of unbranched alkanes of at least 4 members (excludes halogenated alkanes) is 1. The Labute approximate surface area is 233 Å². The van der Waals surface area contributed by atoms with Crippen molar-refractivity contribution >= 4 is 50.3 Å². The van der Waals surface area contributed by atoms with Crippen LogP contribution < -0.4 is 16.2 Å². The first kappa shape index (κ1) is 32.4. The third-order valence-corrected chi connectivity index (χ3v) is 7.84. The minimum atomic E-state index is -0.00614. The van der Waals surface area contributed by atoms with Gasteiger partial charge in [0.15, 0.2) is 0 Å². The monoisotopic (exact) mass is 560 g/mol. The van der Waals surface area contributed by atoms with Crippen molar-refractivity contribution in [2.45, 2.75) is 51.7 Å². The zero-order valence-corrected chi connectivity index (χ0v) is 24.9. The van der Waals surface area contributed by atoms with Crippen LogP contribution in [0.1, 0.15) is 47.5 Å². The molecule has 0 bridgehead atoms. The number of thiophene rings is 1. The van der Waals surface area contributed by atoms with Crippen LogP contribution in [0.5, 0.6) is 5.75 Å². The van der Waals surface area contributed by atoms with E-state index in [2.05, 4.69) is 30.3 Å². The van der Waals surface area contributed by atoms with Crippen LogP contribution in [0.4, 0.5) is 5.69 Å². The predicted molar refractivity (Wildman–Crippen MR) is 166 cm³/mol. The molecule has 0 radical (unpaired) electrons. The Morgan fingerprint density at radius 3 is 2.41 bits per heavy atom. The van der Waals surface area contributed by atoms with Crippen molar-refractivity contribution in [2.24, 2.45) is 5.73 Å². The number of hydrogen-bond donors (Lipinski definition) is 3. The highest BCUT2D eigenvalue weighted by molar-refractivity contribution is 8.01. The van der Waals surface area contributed by atoms with E-state index in [9.17, 15) is 0 Å². The zero-order valence-electron chi connectivity index (χ0n) is 22.5. The van der Waals surface area contributed by atoms with Gasteiger partial charge in [-0.3, -0.25) is 0 Å². The smallest absolute Gasteiger partial charge is 0.141 e. The summed E-state index contributed by atoms with van der Waals surface area (Å²) in [5.41, 5.74) is 15.0. The molecule has 0 aliphatic heterocycles. The number of aliphatic hydroxyl groups excluding tert-OH is 1. The zero-order chi connectivity index (χ0) is 27.6. The minimum Gasteiger partial charge on any atom is -0.491 e. The highest BCUT2D eigenvalue weighted by Crippen LogP contribution is 2.45. The largest absolute Gasteiger partial charge is 0.491 e. The van der Waals surface area contributed by atoms with Gasteiger partial charge >= 0.3 is 0 Å². The number of fused-ring (bicyclic) bond motifs is 1. The molecule has 6 nitrogen and oxygen atoms in total. The molecule has 0 spiro atoms. The number of aromatic nitrogens is 2. The number of nitrogens with zero attached hydrogens (tertiary/aromatic N) is 2. The molecule has 37 heavy (non-hydrogen) atoms. The molecular formula is C28H40N4O2S3. The van der Waals surface area contributed by atoms with Gasteiger partial charge in [-0.25, -0.2) is 9.97 Å². The topological polar surface area (TPSA) is 107 Å². The molecule has 4 aromatic rings. The maximum Gasteiger partial charge on any atom is 0.141 e. The van der Waals surface area contributed by atoms with E-state index in [1.165, 1.54) is 12.6 Å². The summed E-state index contributed by atoms with van der Waals surface area (Å²) in [4.78, 5) is 10.3. The summed E-state index contributed by atoms with van der Waals surface area (Å²) in [5, 5.41) is 12.8. The molecule has 0 saturated carbocycles. The SMILES string of the molecule is C=CN.CC.CC.CCCCSc1sc2nc(-c3nccs3)cc(-c3ccc(OCCO)cc3)c2c1N. The van der Waals surface area contributed by atoms with Crippen LogP contribution in [0.15, 0.2) is 58.9 Å². The van der Waals surface area contributed by atoms with Gasteiger partial charge in [-0.1, -0.05) is 59.8 Å². The van der Waals surface area contributed by atoms with E-state index in [0.717, 1.165) is 59.9 Å². The lowest BCUT2D eigenvalue weighted by Gasteiger charge is -2.09. The fourth-order valence-corrected chi connectivity index (χ4v) is 6.15. The molecule has 3 heterocycles. The van der Waals surface area contributed by atoms with Crippen molar-refractivity contribution in [1.82, 2.24) is 9.97 Å². The molecule has 0 atom stereocenters. The van der Waals surface area contributed by atoms with Crippen LogP contribution in [0.3, 0.4) is 0 Å². The quantitative estimate of drug-likeness (QED) is 0.140. The molecule has 0 saturated heterocycles. The summed E-state index contributed by atoms with van der Waals surface area (Å²) in [6.45, 7) is 13.6. The van der Waals surface area contributed by atoms with Crippen LogP contribution in [0.2, 0.25) is 0 Å². The molecule has 4 rings (SSSR count). The molecule has 0 fully saturated rings. The number of aliphatic hydroxyl groups is 1. The van der Waals surface area contributed by atoms with Crippen LogP contribution in [-0.2, 0) is 0 Å². The van der Waals surface area contributed by atoms with Crippen LogP contribution in [0, 0.1) is 0 Å². The molecule has 9 heteroatoms. The number of rotatable bonds is 9. The van der Waals surface area contributed by atoms with Gasteiger partial charge in [0.1, 0.15) is 27.9 Å². The summed E-state index contributed by atoms with van der Waals surface area (Å²) in [5.74, 6) is 1.78. The van der Waals surface area contributed by atoms with Crippen molar-refractivity contribution < 1.29 is 9.84 Å². The standard InChI is InChI=1S/C22H23N3O2S3.C2H5N.2C2H6/c1-2-3-11-29-22-19(23)18-16(14-4-6-15(7-5-14)27-10-9-26)13-17(25-21(18)30-22)20-24-8-12-28-20;1-2-3;2*1-2/h4-8,12-13,26H,2-3,9-11,23H2,1H3;2H,1,3H2;2*1-2H3. The average Bonchev–Trinajstić information content (AvgIpc) is 3.59. The normalized spacial score (nSPS) is 9.78. The van der Waals surface area contributed by atoms with Gasteiger partial charge in [0.25, 0.3) is 0 Å². The van der Waals surface area contributed by atoms with Gasteiger partial charge in [0.2, 0.25) is 0 Å². The van der Waals surface area contributed by atoms with E-state index in [4.69, 9.17) is 20.6 Å². The number of anilines is 1. The summed E-state index contributed by atoms with van der Waals surface area (Å²) in [7, 11) is 0. The fraction of sp³-hybridized carbons (Fsp3) is 0.357. The van der Waals surface area contributed by atoms with Crippen molar-refractivity contribution in [1.29, 1.82) is 0 Å². The van der Waals surface area contributed by atoms with Gasteiger partial charge in [-0.2, -0.15) is 0 Å². The first-order valence-electron chi connectivity index (χ1n) is 12.5. The molecule has 0 aliphatic carbocycles. The van der Waals surface area contributed by atoms with E-state index >= 15 is 0 Å². The number of nitrogen functional groups attached to an aromatic ring is 1. The van der Waals surface area contributed by atoms with Gasteiger partial charge in [-0.15, -0.1) is 34.4 Å². The number of hydrogen-bond acceptors (Lipinski definition) is 9. The number of benzene rings is 1. The molecule has 202 valence electrons. The Morgan fingerprint density at radius 1 is 1.16 bits per heavy atom. The second-order valence-corrected chi connectivity index (χ2v) is 10.2. The molecular weight excluding hydrogens is 521 g/mol. The molecule has 1 aromatic carbocycles. The Morgan fingerprint density at radius 2 is 1.84 bits per heavy atom. The van der Waals surface area contributed by atoms with Gasteiger partial charge in [0.05, 0.1) is 16.5 Å². The lowest BCUT2D eigenvalue weighted by atomic mass is 10.0. The highest BCUT2D eigenvalue weighted by atomic mass is 32.2. The van der Waals surface area contributed by atoms with E-state index in [1.54, 1.807) is 28.9 Å². The summed E-state index contributed by atoms with van der Waals surface area (Å²) in [6.07, 6.45) is 5.38. The van der Waals surface area contributed by atoms with E-state index in [-0.39, 0.29) is 13.2 Å². The Kier molecular flexibility index (Phi) is 16.3. The number of ether oxygens (including phenoxy) is 1. The number of thiazole rings is 1. The molecule has 0 amide bonds. The number of pyridine rings is 1. The second-order valence-electron chi connectivity index (χ2n) is 6.91. The fourth-order valence-electron chi connectivity index (χ4n) is 3.10. The van der Waals surface area contributed by atoms with Gasteiger partial charge < -0.3 is 21.3 Å². The van der Waals surface area contributed by atoms with E-state index in [1.807, 2.05) is 69.1 Å². The first-order chi connectivity index (χ1) is 18.1. The summed E-state index contributed by atoms with van der Waals surface area (Å²) >= 11 is 5.05. The van der Waals surface area contributed by atoms with E-state index in [0.29, 0.717) is 0 Å². The van der Waals surface area contributed by atoms with Gasteiger partial charge in [0, 0.05) is 17.0 Å². The van der Waals surface area contributed by atoms with Crippen molar-refractivity contribution in [2.75, 3.05) is 24.7 Å². The Balaban J connectivity index is 0.000000894. The molecule has 0 aliphatic rings. The lowest BCUT2D eigenvalue weighted by Crippen LogP contribution is -2.01. The summed E-state index contributed by atoms with van der Waals surface area (Å²) < 4.78 is 6.63. The van der Waals surface area contributed by atoms with E-state index < -0.39 is 0 Å². The molecule has 3 aromatic heterocycles. The van der Waals surface area contributed by atoms with Crippen molar-refractivity contribution in [3.05, 3.63) is 54.7 Å². The third kappa shape index (κ3) is 9.34. The molecule has 5 N–H and O–H groups in total.